The summed E-state index contributed by atoms with van der Waals surface area (Å²) in [5.74, 6) is -0.689. The number of carbonyl (C=O) groups is 2. The van der Waals surface area contributed by atoms with Crippen molar-refractivity contribution in [2.75, 3.05) is 0 Å². The molecule has 0 aliphatic rings. The number of hydrogen-bond donors (Lipinski definition) is 1. The van der Waals surface area contributed by atoms with Crippen molar-refractivity contribution >= 4 is 28.1 Å². The number of carbonyl (C=O) groups excluding carboxylic acids is 2. The van der Waals surface area contributed by atoms with Crippen LogP contribution >= 0.6 is 15.9 Å². The van der Waals surface area contributed by atoms with Crippen molar-refractivity contribution in [1.29, 1.82) is 0 Å². The Bertz CT molecular complexity index is 634. The maximum absolute atomic E-state index is 11.4. The summed E-state index contributed by atoms with van der Waals surface area (Å²) in [7, 11) is 0. The smallest absolute Gasteiger partial charge is 0.268 e. The average Bonchev–Trinajstić information content (AvgIpc) is 2.76. The van der Waals surface area contributed by atoms with Gasteiger partial charge >= 0.3 is 0 Å². The quantitative estimate of drug-likeness (QED) is 0.879. The van der Waals surface area contributed by atoms with Crippen molar-refractivity contribution in [3.05, 3.63) is 45.7 Å². The minimum absolute atomic E-state index is 0.0840. The van der Waals surface area contributed by atoms with Crippen molar-refractivity contribution in [2.45, 2.75) is 6.92 Å². The average molecular weight is 308 g/mol. The highest BCUT2D eigenvalue weighted by Crippen LogP contribution is 2.21. The van der Waals surface area contributed by atoms with E-state index in [9.17, 15) is 9.59 Å². The van der Waals surface area contributed by atoms with Gasteiger partial charge in [0.15, 0.2) is 6.29 Å². The predicted octanol–water partition coefficient (Wildman–Crippen LogP) is 1.85. The summed E-state index contributed by atoms with van der Waals surface area (Å²) >= 11 is 3.40. The lowest BCUT2D eigenvalue weighted by Crippen LogP contribution is -2.18. The van der Waals surface area contributed by atoms with Gasteiger partial charge in [-0.1, -0.05) is 22.0 Å². The number of rotatable bonds is 3. The first-order chi connectivity index (χ1) is 8.54. The summed E-state index contributed by atoms with van der Waals surface area (Å²) < 4.78 is 2.24. The van der Waals surface area contributed by atoms with Crippen molar-refractivity contribution in [3.63, 3.8) is 0 Å². The van der Waals surface area contributed by atoms with Gasteiger partial charge in [-0.25, -0.2) is 4.68 Å². The zero-order chi connectivity index (χ0) is 13.3. The van der Waals surface area contributed by atoms with Crippen LogP contribution in [0.15, 0.2) is 28.9 Å². The number of halogens is 1. The van der Waals surface area contributed by atoms with E-state index in [4.69, 9.17) is 5.73 Å². The molecule has 0 saturated carbocycles. The lowest BCUT2D eigenvalue weighted by Gasteiger charge is -2.07. The van der Waals surface area contributed by atoms with Gasteiger partial charge in [0.05, 0.1) is 17.4 Å². The van der Waals surface area contributed by atoms with Crippen LogP contribution in [0.2, 0.25) is 0 Å². The molecule has 1 aromatic carbocycles. The molecule has 0 unspecified atom stereocenters. The van der Waals surface area contributed by atoms with Crippen LogP contribution in [-0.2, 0) is 0 Å². The standard InChI is InChI=1S/C12H10BrN3O2/c1-7-2-3-9(4-10(7)13)16-11(12(14)18)8(6-17)5-15-16/h2-6H,1H3,(H2,14,18). The minimum Gasteiger partial charge on any atom is -0.364 e. The van der Waals surface area contributed by atoms with Crippen molar-refractivity contribution < 1.29 is 9.59 Å². The molecule has 6 heteroatoms. The first kappa shape index (κ1) is 12.5. The van der Waals surface area contributed by atoms with E-state index in [2.05, 4.69) is 21.0 Å². The number of aryl methyl sites for hydroxylation is 1. The molecule has 92 valence electrons. The van der Waals surface area contributed by atoms with Crippen LogP contribution in [0.5, 0.6) is 0 Å². The number of primary amides is 1. The molecule has 1 heterocycles. The molecule has 2 N–H and O–H groups in total. The summed E-state index contributed by atoms with van der Waals surface area (Å²) in [6.45, 7) is 1.95. The Hall–Kier alpha value is -1.95. The lowest BCUT2D eigenvalue weighted by atomic mass is 10.2. The monoisotopic (exact) mass is 307 g/mol. The van der Waals surface area contributed by atoms with Crippen LogP contribution in [0.4, 0.5) is 0 Å². The first-order valence-corrected chi connectivity index (χ1v) is 5.93. The fourth-order valence-electron chi connectivity index (χ4n) is 1.60. The third-order valence-electron chi connectivity index (χ3n) is 2.56. The second-order valence-corrected chi connectivity index (χ2v) is 4.63. The molecule has 1 aromatic heterocycles. The zero-order valence-corrected chi connectivity index (χ0v) is 11.1. The van der Waals surface area contributed by atoms with E-state index in [-0.39, 0.29) is 11.3 Å². The summed E-state index contributed by atoms with van der Waals surface area (Å²) in [5, 5.41) is 4.01. The van der Waals surface area contributed by atoms with E-state index in [1.807, 2.05) is 19.1 Å². The SMILES string of the molecule is Cc1ccc(-n2ncc(C=O)c2C(N)=O)cc1Br. The number of hydrogen-bond acceptors (Lipinski definition) is 3. The summed E-state index contributed by atoms with van der Waals surface area (Å²) in [4.78, 5) is 22.2. The highest BCUT2D eigenvalue weighted by molar-refractivity contribution is 9.10. The van der Waals surface area contributed by atoms with E-state index in [1.165, 1.54) is 10.9 Å². The molecule has 0 aliphatic carbocycles. The maximum atomic E-state index is 11.4. The van der Waals surface area contributed by atoms with Gasteiger partial charge in [0.1, 0.15) is 5.69 Å². The third-order valence-corrected chi connectivity index (χ3v) is 3.41. The number of amides is 1. The number of aldehydes is 1. The molecule has 0 bridgehead atoms. The topological polar surface area (TPSA) is 78.0 Å². The molecule has 0 saturated heterocycles. The summed E-state index contributed by atoms with van der Waals surface area (Å²) in [6, 6.07) is 5.49. The molecule has 0 spiro atoms. The lowest BCUT2D eigenvalue weighted by molar-refractivity contribution is 0.0986. The van der Waals surface area contributed by atoms with Crippen molar-refractivity contribution in [2.24, 2.45) is 5.73 Å². The van der Waals surface area contributed by atoms with Gasteiger partial charge < -0.3 is 5.73 Å². The Morgan fingerprint density at radius 3 is 2.78 bits per heavy atom. The molecular formula is C12H10BrN3O2. The molecule has 1 amide bonds. The van der Waals surface area contributed by atoms with E-state index in [0.29, 0.717) is 12.0 Å². The van der Waals surface area contributed by atoms with E-state index in [1.54, 1.807) is 6.07 Å². The van der Waals surface area contributed by atoms with Gasteiger partial charge in [0.25, 0.3) is 5.91 Å². The Morgan fingerprint density at radius 2 is 2.22 bits per heavy atom. The van der Waals surface area contributed by atoms with Crippen LogP contribution in [0.1, 0.15) is 26.4 Å². The number of nitrogens with zero attached hydrogens (tertiary/aromatic N) is 2. The van der Waals surface area contributed by atoms with Crippen LogP contribution in [-0.4, -0.2) is 22.0 Å². The second-order valence-electron chi connectivity index (χ2n) is 3.78. The molecule has 2 rings (SSSR count). The Morgan fingerprint density at radius 1 is 1.50 bits per heavy atom. The van der Waals surface area contributed by atoms with E-state index < -0.39 is 5.91 Å². The van der Waals surface area contributed by atoms with Gasteiger partial charge in [0, 0.05) is 4.47 Å². The number of nitrogens with two attached hydrogens (primary N) is 1. The van der Waals surface area contributed by atoms with Crippen molar-refractivity contribution in [1.82, 2.24) is 9.78 Å². The van der Waals surface area contributed by atoms with Gasteiger partial charge in [-0.05, 0) is 24.6 Å². The molecule has 0 aliphatic heterocycles. The first-order valence-electron chi connectivity index (χ1n) is 5.14. The van der Waals surface area contributed by atoms with E-state index >= 15 is 0 Å². The van der Waals surface area contributed by atoms with Gasteiger partial charge in [-0.2, -0.15) is 5.10 Å². The van der Waals surface area contributed by atoms with Gasteiger partial charge in [-0.3, -0.25) is 9.59 Å². The minimum atomic E-state index is -0.689. The molecule has 0 fully saturated rings. The molecule has 18 heavy (non-hydrogen) atoms. The highest BCUT2D eigenvalue weighted by Gasteiger charge is 2.17. The second kappa shape index (κ2) is 4.73. The molecule has 0 atom stereocenters. The van der Waals surface area contributed by atoms with E-state index in [0.717, 1.165) is 10.0 Å². The van der Waals surface area contributed by atoms with Crippen molar-refractivity contribution in [3.8, 4) is 5.69 Å². The maximum Gasteiger partial charge on any atom is 0.268 e. The van der Waals surface area contributed by atoms with Crippen LogP contribution in [0.3, 0.4) is 0 Å². The molecule has 0 radical (unpaired) electrons. The molecule has 2 aromatic rings. The van der Waals surface area contributed by atoms with Crippen LogP contribution < -0.4 is 5.73 Å². The normalized spacial score (nSPS) is 10.3. The fraction of sp³-hybridized carbons (Fsp3) is 0.0833. The number of benzene rings is 1. The largest absolute Gasteiger partial charge is 0.364 e. The van der Waals surface area contributed by atoms with Gasteiger partial charge in [-0.15, -0.1) is 0 Å². The Labute approximate surface area is 112 Å². The number of aromatic nitrogens is 2. The third kappa shape index (κ3) is 2.06. The summed E-state index contributed by atoms with van der Waals surface area (Å²) in [6.07, 6.45) is 1.88. The predicted molar refractivity (Wildman–Crippen MR) is 69.9 cm³/mol. The highest BCUT2D eigenvalue weighted by atomic mass is 79.9. The molecule has 5 nitrogen and oxygen atoms in total. The van der Waals surface area contributed by atoms with Gasteiger partial charge in [0.2, 0.25) is 0 Å². The fourth-order valence-corrected chi connectivity index (χ4v) is 1.97. The molecular weight excluding hydrogens is 298 g/mol. The Kier molecular flexibility index (Phi) is 3.29. The van der Waals surface area contributed by atoms with Crippen LogP contribution in [0.25, 0.3) is 5.69 Å². The zero-order valence-electron chi connectivity index (χ0n) is 9.55. The van der Waals surface area contributed by atoms with Crippen LogP contribution in [0, 0.1) is 6.92 Å². The Balaban J connectivity index is 2.63. The summed E-state index contributed by atoms with van der Waals surface area (Å²) in [5.41, 5.74) is 7.25.